The van der Waals surface area contributed by atoms with E-state index < -0.39 is 0 Å². The van der Waals surface area contributed by atoms with E-state index >= 15 is 0 Å². The number of rotatable bonds is 2. The van der Waals surface area contributed by atoms with E-state index in [1.807, 2.05) is 37.3 Å². The lowest BCUT2D eigenvalue weighted by Crippen LogP contribution is -2.06. The molecule has 1 fully saturated rings. The first kappa shape index (κ1) is 11.1. The molecule has 1 saturated carbocycles. The third kappa shape index (κ3) is 2.41. The molecule has 16 heavy (non-hydrogen) atoms. The molecule has 0 heterocycles. The highest BCUT2D eigenvalue weighted by Crippen LogP contribution is 2.27. The number of allylic oxidation sites excluding steroid dienone is 2. The molecule has 84 valence electrons. The molecule has 0 aliphatic heterocycles. The van der Waals surface area contributed by atoms with Crippen molar-refractivity contribution in [2.45, 2.75) is 39.0 Å². The van der Waals surface area contributed by atoms with E-state index in [-0.39, 0.29) is 5.78 Å². The van der Waals surface area contributed by atoms with Gasteiger partial charge in [-0.15, -0.1) is 0 Å². The smallest absolute Gasteiger partial charge is 0.188 e. The van der Waals surface area contributed by atoms with Crippen molar-refractivity contribution >= 4 is 5.78 Å². The van der Waals surface area contributed by atoms with Crippen molar-refractivity contribution in [3.63, 3.8) is 0 Å². The van der Waals surface area contributed by atoms with Crippen molar-refractivity contribution in [1.82, 2.24) is 0 Å². The van der Waals surface area contributed by atoms with Gasteiger partial charge < -0.3 is 0 Å². The highest BCUT2D eigenvalue weighted by molar-refractivity contribution is 6.08. The first-order valence-corrected chi connectivity index (χ1v) is 6.07. The summed E-state index contributed by atoms with van der Waals surface area (Å²) in [5, 5.41) is 0. The lowest BCUT2D eigenvalue weighted by Gasteiger charge is -2.16. The summed E-state index contributed by atoms with van der Waals surface area (Å²) in [7, 11) is 0. The summed E-state index contributed by atoms with van der Waals surface area (Å²) in [5.41, 5.74) is 3.17. The standard InChI is InChI=1S/C15H18O/c1-12(13-8-4-2-5-9-13)15(16)14-10-6-3-7-11-14/h3,6-7,10-11H,2,4-5,8-9H2,1H3. The van der Waals surface area contributed by atoms with Crippen LogP contribution in [0.15, 0.2) is 41.5 Å². The average Bonchev–Trinajstić information content (AvgIpc) is 2.39. The molecule has 1 aliphatic carbocycles. The van der Waals surface area contributed by atoms with Gasteiger partial charge in [0.2, 0.25) is 0 Å². The summed E-state index contributed by atoms with van der Waals surface area (Å²) in [5.74, 6) is 0.206. The molecule has 0 atom stereocenters. The van der Waals surface area contributed by atoms with Crippen LogP contribution in [0.3, 0.4) is 0 Å². The van der Waals surface area contributed by atoms with Crippen LogP contribution >= 0.6 is 0 Å². The molecule has 0 radical (unpaired) electrons. The Morgan fingerprint density at radius 2 is 1.62 bits per heavy atom. The van der Waals surface area contributed by atoms with E-state index in [1.165, 1.54) is 24.8 Å². The summed E-state index contributed by atoms with van der Waals surface area (Å²) in [6.07, 6.45) is 6.04. The van der Waals surface area contributed by atoms with E-state index in [0.29, 0.717) is 0 Å². The van der Waals surface area contributed by atoms with Gasteiger partial charge in [-0.1, -0.05) is 42.3 Å². The second kappa shape index (κ2) is 5.11. The molecular weight excluding hydrogens is 196 g/mol. The Labute approximate surface area is 97.2 Å². The maximum atomic E-state index is 12.2. The van der Waals surface area contributed by atoms with Crippen LogP contribution in [-0.2, 0) is 0 Å². The van der Waals surface area contributed by atoms with Gasteiger partial charge in [-0.05, 0) is 38.2 Å². The summed E-state index contributed by atoms with van der Waals surface area (Å²) >= 11 is 0. The fourth-order valence-corrected chi connectivity index (χ4v) is 2.32. The van der Waals surface area contributed by atoms with Gasteiger partial charge in [0.15, 0.2) is 5.78 Å². The van der Waals surface area contributed by atoms with Crippen LogP contribution in [0.1, 0.15) is 49.4 Å². The summed E-state index contributed by atoms with van der Waals surface area (Å²) < 4.78 is 0. The molecule has 1 aliphatic rings. The molecule has 0 bridgehead atoms. The Balaban J connectivity index is 2.21. The molecule has 0 spiro atoms. The second-order valence-electron chi connectivity index (χ2n) is 4.48. The minimum absolute atomic E-state index is 0.206. The lowest BCUT2D eigenvalue weighted by atomic mass is 9.89. The Morgan fingerprint density at radius 3 is 2.25 bits per heavy atom. The molecule has 0 aromatic heterocycles. The summed E-state index contributed by atoms with van der Waals surface area (Å²) in [6.45, 7) is 1.98. The van der Waals surface area contributed by atoms with Gasteiger partial charge in [-0.3, -0.25) is 4.79 Å². The van der Waals surface area contributed by atoms with E-state index in [9.17, 15) is 4.79 Å². The van der Waals surface area contributed by atoms with Crippen molar-refractivity contribution in [1.29, 1.82) is 0 Å². The molecule has 2 rings (SSSR count). The molecular formula is C15H18O. The van der Waals surface area contributed by atoms with Crippen molar-refractivity contribution < 1.29 is 4.79 Å². The van der Waals surface area contributed by atoms with Crippen LogP contribution in [0.2, 0.25) is 0 Å². The summed E-state index contributed by atoms with van der Waals surface area (Å²) in [4.78, 5) is 12.2. The fraction of sp³-hybridized carbons (Fsp3) is 0.400. The molecule has 0 saturated heterocycles. The largest absolute Gasteiger partial charge is 0.289 e. The van der Waals surface area contributed by atoms with Gasteiger partial charge in [0.05, 0.1) is 0 Å². The summed E-state index contributed by atoms with van der Waals surface area (Å²) in [6, 6.07) is 9.59. The van der Waals surface area contributed by atoms with Crippen LogP contribution < -0.4 is 0 Å². The zero-order chi connectivity index (χ0) is 11.4. The zero-order valence-electron chi connectivity index (χ0n) is 9.83. The topological polar surface area (TPSA) is 17.1 Å². The van der Waals surface area contributed by atoms with Gasteiger partial charge in [-0.2, -0.15) is 0 Å². The normalized spacial score (nSPS) is 15.9. The van der Waals surface area contributed by atoms with E-state index in [4.69, 9.17) is 0 Å². The minimum Gasteiger partial charge on any atom is -0.289 e. The number of carbonyl (C=O) groups excluding carboxylic acids is 1. The minimum atomic E-state index is 0.206. The van der Waals surface area contributed by atoms with Crippen LogP contribution in [-0.4, -0.2) is 5.78 Å². The molecule has 1 aromatic carbocycles. The van der Waals surface area contributed by atoms with Crippen molar-refractivity contribution in [3.8, 4) is 0 Å². The number of ketones is 1. The van der Waals surface area contributed by atoms with Crippen LogP contribution in [0.25, 0.3) is 0 Å². The van der Waals surface area contributed by atoms with Crippen LogP contribution in [0.4, 0.5) is 0 Å². The Morgan fingerprint density at radius 1 is 1.00 bits per heavy atom. The monoisotopic (exact) mass is 214 g/mol. The van der Waals surface area contributed by atoms with Gasteiger partial charge in [0, 0.05) is 5.56 Å². The third-order valence-electron chi connectivity index (χ3n) is 3.36. The number of hydrogen-bond acceptors (Lipinski definition) is 1. The number of carbonyl (C=O) groups is 1. The van der Waals surface area contributed by atoms with Gasteiger partial charge in [0.1, 0.15) is 0 Å². The highest BCUT2D eigenvalue weighted by atomic mass is 16.1. The predicted octanol–water partition coefficient (Wildman–Crippen LogP) is 4.15. The number of benzene rings is 1. The molecule has 0 unspecified atom stereocenters. The predicted molar refractivity (Wildman–Crippen MR) is 66.6 cm³/mol. The second-order valence-corrected chi connectivity index (χ2v) is 4.48. The number of Topliss-reactive ketones (excluding diaryl/α,β-unsaturated/α-hetero) is 1. The molecule has 1 nitrogen and oxygen atoms in total. The first-order valence-electron chi connectivity index (χ1n) is 6.07. The van der Waals surface area contributed by atoms with Crippen LogP contribution in [0.5, 0.6) is 0 Å². The van der Waals surface area contributed by atoms with Gasteiger partial charge in [-0.25, -0.2) is 0 Å². The van der Waals surface area contributed by atoms with Gasteiger partial charge >= 0.3 is 0 Å². The molecule has 1 heteroatoms. The van der Waals surface area contributed by atoms with Crippen molar-refractivity contribution in [3.05, 3.63) is 47.0 Å². The Bertz CT molecular complexity index is 393. The van der Waals surface area contributed by atoms with Crippen LogP contribution in [0, 0.1) is 0 Å². The zero-order valence-corrected chi connectivity index (χ0v) is 9.83. The Kier molecular flexibility index (Phi) is 3.55. The molecule has 0 amide bonds. The quantitative estimate of drug-likeness (QED) is 0.534. The average molecular weight is 214 g/mol. The van der Waals surface area contributed by atoms with E-state index in [0.717, 1.165) is 24.0 Å². The Hall–Kier alpha value is -1.37. The third-order valence-corrected chi connectivity index (χ3v) is 3.36. The fourth-order valence-electron chi connectivity index (χ4n) is 2.32. The van der Waals surface area contributed by atoms with Crippen molar-refractivity contribution in [2.75, 3.05) is 0 Å². The number of hydrogen-bond donors (Lipinski definition) is 0. The van der Waals surface area contributed by atoms with Crippen molar-refractivity contribution in [2.24, 2.45) is 0 Å². The maximum Gasteiger partial charge on any atom is 0.188 e. The maximum absolute atomic E-state index is 12.2. The SMILES string of the molecule is CC(C(=O)c1ccccc1)=C1CCCCC1. The first-order chi connectivity index (χ1) is 7.79. The molecule has 0 N–H and O–H groups in total. The molecule has 1 aromatic rings. The van der Waals surface area contributed by atoms with Gasteiger partial charge in [0.25, 0.3) is 0 Å². The highest BCUT2D eigenvalue weighted by Gasteiger charge is 2.14. The van der Waals surface area contributed by atoms with E-state index in [2.05, 4.69) is 0 Å². The lowest BCUT2D eigenvalue weighted by molar-refractivity contribution is 0.103. The van der Waals surface area contributed by atoms with E-state index in [1.54, 1.807) is 0 Å².